The number of ether oxygens (including phenoxy) is 3. The number of rotatable bonds is 4. The van der Waals surface area contributed by atoms with Crippen LogP contribution in [-0.2, 0) is 14.2 Å². The number of nitrogens with one attached hydrogen (secondary N) is 2. The van der Waals surface area contributed by atoms with Crippen LogP contribution in [0.5, 0.6) is 0 Å². The van der Waals surface area contributed by atoms with Gasteiger partial charge in [-0.2, -0.15) is 0 Å². The monoisotopic (exact) mass is 306 g/mol. The third kappa shape index (κ3) is 4.29. The van der Waals surface area contributed by atoms with Gasteiger partial charge >= 0.3 is 0 Å². The Hall–Kier alpha value is 0.0900. The van der Waals surface area contributed by atoms with Gasteiger partial charge in [-0.25, -0.2) is 0 Å². The molecule has 0 spiro atoms. The van der Waals surface area contributed by atoms with Gasteiger partial charge in [-0.15, -0.1) is 12.4 Å². The Labute approximate surface area is 127 Å². The SMILES string of the molecule is C1CC(NCC2COCCO2)C(C2COCCN2)C1.Cl. The van der Waals surface area contributed by atoms with Crippen molar-refractivity contribution >= 4 is 12.4 Å². The van der Waals surface area contributed by atoms with Gasteiger partial charge in [-0.05, 0) is 18.8 Å². The van der Waals surface area contributed by atoms with Crippen LogP contribution in [-0.4, -0.2) is 64.3 Å². The summed E-state index contributed by atoms with van der Waals surface area (Å²) in [5.41, 5.74) is 0. The van der Waals surface area contributed by atoms with Gasteiger partial charge in [0.25, 0.3) is 0 Å². The second kappa shape index (κ2) is 8.51. The molecule has 20 heavy (non-hydrogen) atoms. The third-order valence-corrected chi connectivity index (χ3v) is 4.53. The highest BCUT2D eigenvalue weighted by molar-refractivity contribution is 5.85. The van der Waals surface area contributed by atoms with Crippen molar-refractivity contribution in [3.05, 3.63) is 0 Å². The lowest BCUT2D eigenvalue weighted by Crippen LogP contribution is -2.52. The van der Waals surface area contributed by atoms with Crippen LogP contribution in [0.1, 0.15) is 19.3 Å². The largest absolute Gasteiger partial charge is 0.379 e. The molecule has 0 bridgehead atoms. The van der Waals surface area contributed by atoms with Crippen LogP contribution in [0, 0.1) is 5.92 Å². The molecular weight excluding hydrogens is 280 g/mol. The van der Waals surface area contributed by atoms with Crippen molar-refractivity contribution in [2.24, 2.45) is 5.92 Å². The molecule has 4 atom stereocenters. The van der Waals surface area contributed by atoms with Gasteiger partial charge in [-0.1, -0.05) is 6.42 Å². The molecule has 0 aromatic carbocycles. The summed E-state index contributed by atoms with van der Waals surface area (Å²) in [6.07, 6.45) is 4.13. The maximum atomic E-state index is 5.69. The second-order valence-corrected chi connectivity index (χ2v) is 5.81. The Kier molecular flexibility index (Phi) is 7.01. The molecule has 3 rings (SSSR count). The fourth-order valence-corrected chi connectivity index (χ4v) is 3.52. The van der Waals surface area contributed by atoms with E-state index in [1.807, 2.05) is 0 Å². The smallest absolute Gasteiger partial charge is 0.0933 e. The van der Waals surface area contributed by atoms with Crippen molar-refractivity contribution in [1.29, 1.82) is 0 Å². The fourth-order valence-electron chi connectivity index (χ4n) is 3.52. The lowest BCUT2D eigenvalue weighted by molar-refractivity contribution is -0.0875. The average molecular weight is 307 g/mol. The molecule has 2 aliphatic heterocycles. The van der Waals surface area contributed by atoms with Crippen molar-refractivity contribution < 1.29 is 14.2 Å². The number of morpholine rings is 1. The zero-order chi connectivity index (χ0) is 12.9. The minimum Gasteiger partial charge on any atom is -0.379 e. The molecule has 1 aliphatic carbocycles. The Morgan fingerprint density at radius 3 is 2.70 bits per heavy atom. The molecule has 2 N–H and O–H groups in total. The Bertz CT molecular complexity index is 271. The third-order valence-electron chi connectivity index (χ3n) is 4.53. The minimum absolute atomic E-state index is 0. The lowest BCUT2D eigenvalue weighted by Gasteiger charge is -2.34. The normalized spacial score (nSPS) is 38.4. The summed E-state index contributed by atoms with van der Waals surface area (Å²) in [6.45, 7) is 5.84. The van der Waals surface area contributed by atoms with E-state index in [-0.39, 0.29) is 18.5 Å². The van der Waals surface area contributed by atoms with Crippen molar-refractivity contribution in [2.45, 2.75) is 37.5 Å². The summed E-state index contributed by atoms with van der Waals surface area (Å²) >= 11 is 0. The van der Waals surface area contributed by atoms with Crippen LogP contribution in [0.15, 0.2) is 0 Å². The minimum atomic E-state index is 0. The lowest BCUT2D eigenvalue weighted by atomic mass is 9.94. The molecule has 3 aliphatic rings. The molecule has 4 unspecified atom stereocenters. The Morgan fingerprint density at radius 1 is 1.05 bits per heavy atom. The molecule has 0 aromatic rings. The van der Waals surface area contributed by atoms with E-state index in [1.165, 1.54) is 19.3 Å². The zero-order valence-electron chi connectivity index (χ0n) is 12.0. The first-order chi connectivity index (χ1) is 9.43. The summed E-state index contributed by atoms with van der Waals surface area (Å²) < 4.78 is 16.7. The summed E-state index contributed by atoms with van der Waals surface area (Å²) in [7, 11) is 0. The molecule has 0 amide bonds. The molecule has 1 saturated carbocycles. The van der Waals surface area contributed by atoms with Crippen LogP contribution in [0.25, 0.3) is 0 Å². The first-order valence-electron chi connectivity index (χ1n) is 7.67. The van der Waals surface area contributed by atoms with Crippen molar-refractivity contribution in [2.75, 3.05) is 46.1 Å². The molecule has 118 valence electrons. The summed E-state index contributed by atoms with van der Waals surface area (Å²) in [4.78, 5) is 0. The summed E-state index contributed by atoms with van der Waals surface area (Å²) in [5.74, 6) is 0.699. The number of hydrogen-bond acceptors (Lipinski definition) is 5. The van der Waals surface area contributed by atoms with E-state index in [4.69, 9.17) is 14.2 Å². The van der Waals surface area contributed by atoms with E-state index in [0.29, 0.717) is 18.0 Å². The number of halogens is 1. The average Bonchev–Trinajstić information content (AvgIpc) is 2.95. The molecule has 2 heterocycles. The van der Waals surface area contributed by atoms with E-state index in [1.54, 1.807) is 0 Å². The Balaban J connectivity index is 0.00000147. The molecular formula is C14H27ClN2O3. The maximum Gasteiger partial charge on any atom is 0.0933 e. The topological polar surface area (TPSA) is 51.8 Å². The van der Waals surface area contributed by atoms with E-state index in [0.717, 1.165) is 46.1 Å². The zero-order valence-corrected chi connectivity index (χ0v) is 12.8. The van der Waals surface area contributed by atoms with Gasteiger partial charge in [0.2, 0.25) is 0 Å². The van der Waals surface area contributed by atoms with Crippen LogP contribution in [0.2, 0.25) is 0 Å². The van der Waals surface area contributed by atoms with Crippen LogP contribution >= 0.6 is 12.4 Å². The highest BCUT2D eigenvalue weighted by Crippen LogP contribution is 2.29. The standard InChI is InChI=1S/C14H26N2O3.ClH/c1-2-12(14-10-17-5-4-15-14)13(3-1)16-8-11-9-18-6-7-19-11;/h11-16H,1-10H2;1H. The van der Waals surface area contributed by atoms with Gasteiger partial charge in [0.1, 0.15) is 0 Å². The van der Waals surface area contributed by atoms with Crippen LogP contribution < -0.4 is 10.6 Å². The molecule has 5 nitrogen and oxygen atoms in total. The van der Waals surface area contributed by atoms with Crippen molar-refractivity contribution in [3.63, 3.8) is 0 Å². The fraction of sp³-hybridized carbons (Fsp3) is 1.00. The van der Waals surface area contributed by atoms with Crippen molar-refractivity contribution in [3.8, 4) is 0 Å². The predicted octanol–water partition coefficient (Wildman–Crippen LogP) is 0.570. The van der Waals surface area contributed by atoms with Gasteiger partial charge in [0.05, 0.1) is 39.1 Å². The molecule has 0 radical (unpaired) electrons. The quantitative estimate of drug-likeness (QED) is 0.795. The molecule has 0 aromatic heterocycles. The second-order valence-electron chi connectivity index (χ2n) is 5.81. The molecule has 2 saturated heterocycles. The van der Waals surface area contributed by atoms with Gasteiger partial charge in [0.15, 0.2) is 0 Å². The number of hydrogen-bond donors (Lipinski definition) is 2. The first kappa shape index (κ1) is 16.5. The van der Waals surface area contributed by atoms with Crippen molar-refractivity contribution in [1.82, 2.24) is 10.6 Å². The highest BCUT2D eigenvalue weighted by atomic mass is 35.5. The van der Waals surface area contributed by atoms with Crippen LogP contribution in [0.3, 0.4) is 0 Å². The summed E-state index contributed by atoms with van der Waals surface area (Å²) in [6, 6.07) is 1.13. The first-order valence-corrected chi connectivity index (χ1v) is 7.67. The van der Waals surface area contributed by atoms with E-state index >= 15 is 0 Å². The van der Waals surface area contributed by atoms with Crippen LogP contribution in [0.4, 0.5) is 0 Å². The van der Waals surface area contributed by atoms with Gasteiger partial charge in [0, 0.05) is 25.2 Å². The van der Waals surface area contributed by atoms with Gasteiger partial charge in [-0.3, -0.25) is 0 Å². The summed E-state index contributed by atoms with van der Waals surface area (Å²) in [5, 5.41) is 7.31. The van der Waals surface area contributed by atoms with E-state index in [2.05, 4.69) is 10.6 Å². The van der Waals surface area contributed by atoms with E-state index < -0.39 is 0 Å². The Morgan fingerprint density at radius 2 is 1.95 bits per heavy atom. The maximum absolute atomic E-state index is 5.69. The van der Waals surface area contributed by atoms with E-state index in [9.17, 15) is 0 Å². The highest BCUT2D eigenvalue weighted by Gasteiger charge is 2.34. The molecule has 3 fully saturated rings. The predicted molar refractivity (Wildman–Crippen MR) is 79.5 cm³/mol. The van der Waals surface area contributed by atoms with Gasteiger partial charge < -0.3 is 24.8 Å². The molecule has 6 heteroatoms.